The summed E-state index contributed by atoms with van der Waals surface area (Å²) in [5.41, 5.74) is 4.10. The van der Waals surface area contributed by atoms with E-state index in [1.807, 2.05) is 92.7 Å². The topological polar surface area (TPSA) is 58.6 Å². The van der Waals surface area contributed by atoms with Gasteiger partial charge in [0.25, 0.3) is 5.91 Å². The minimum atomic E-state index is -0.638. The Morgan fingerprint density at radius 3 is 2.22 bits per heavy atom. The molecule has 5 nitrogen and oxygen atoms in total. The Hall–Kier alpha value is -3.60. The van der Waals surface area contributed by atoms with E-state index in [0.29, 0.717) is 18.7 Å². The molecular formula is C31H36N2O3. The smallest absolute Gasteiger partial charge is 0.261 e. The van der Waals surface area contributed by atoms with E-state index in [-0.39, 0.29) is 24.5 Å². The van der Waals surface area contributed by atoms with E-state index in [1.165, 1.54) is 0 Å². The van der Waals surface area contributed by atoms with Gasteiger partial charge in [-0.25, -0.2) is 0 Å². The van der Waals surface area contributed by atoms with Crippen molar-refractivity contribution in [2.75, 3.05) is 6.61 Å². The van der Waals surface area contributed by atoms with Gasteiger partial charge in [-0.05, 0) is 55.0 Å². The Morgan fingerprint density at radius 1 is 0.889 bits per heavy atom. The van der Waals surface area contributed by atoms with Crippen LogP contribution in [0.1, 0.15) is 47.9 Å². The fourth-order valence-corrected chi connectivity index (χ4v) is 4.83. The maximum Gasteiger partial charge on any atom is 0.261 e. The molecule has 3 aromatic rings. The van der Waals surface area contributed by atoms with Gasteiger partial charge in [0.1, 0.15) is 11.8 Å². The van der Waals surface area contributed by atoms with Crippen LogP contribution in [0.5, 0.6) is 5.75 Å². The fraction of sp³-hybridized carbons (Fsp3) is 0.355. The number of benzene rings is 3. The van der Waals surface area contributed by atoms with E-state index in [4.69, 9.17) is 4.74 Å². The molecule has 5 heteroatoms. The van der Waals surface area contributed by atoms with Gasteiger partial charge in [-0.15, -0.1) is 0 Å². The van der Waals surface area contributed by atoms with E-state index in [2.05, 4.69) is 5.32 Å². The summed E-state index contributed by atoms with van der Waals surface area (Å²) in [4.78, 5) is 29.2. The Bertz CT molecular complexity index is 1160. The van der Waals surface area contributed by atoms with Crippen molar-refractivity contribution in [3.8, 4) is 5.75 Å². The molecule has 1 fully saturated rings. The third-order valence-electron chi connectivity index (χ3n) is 7.02. The first kappa shape index (κ1) is 25.5. The average molecular weight is 485 g/mol. The highest BCUT2D eigenvalue weighted by molar-refractivity contribution is 5.88. The van der Waals surface area contributed by atoms with Crippen molar-refractivity contribution in [1.82, 2.24) is 10.2 Å². The second-order valence-electron chi connectivity index (χ2n) is 9.70. The van der Waals surface area contributed by atoms with Crippen molar-refractivity contribution in [1.29, 1.82) is 0 Å². The van der Waals surface area contributed by atoms with Crippen LogP contribution in [0, 0.1) is 13.8 Å². The molecule has 1 N–H and O–H groups in total. The minimum Gasteiger partial charge on any atom is -0.484 e. The molecule has 1 saturated carbocycles. The third kappa shape index (κ3) is 6.75. The van der Waals surface area contributed by atoms with Crippen molar-refractivity contribution in [2.24, 2.45) is 0 Å². The number of carbonyl (C=O) groups is 2. The van der Waals surface area contributed by atoms with E-state index < -0.39 is 6.04 Å². The summed E-state index contributed by atoms with van der Waals surface area (Å²) < 4.78 is 5.94. The first-order chi connectivity index (χ1) is 17.5. The van der Waals surface area contributed by atoms with Crippen LogP contribution in [0.4, 0.5) is 0 Å². The Balaban J connectivity index is 1.63. The second kappa shape index (κ2) is 12.4. The lowest BCUT2D eigenvalue weighted by molar-refractivity contribution is -0.143. The minimum absolute atomic E-state index is 0.0939. The zero-order chi connectivity index (χ0) is 25.3. The molecule has 0 bridgehead atoms. The predicted octanol–water partition coefficient (Wildman–Crippen LogP) is 5.38. The monoisotopic (exact) mass is 484 g/mol. The van der Waals surface area contributed by atoms with E-state index in [9.17, 15) is 9.59 Å². The molecule has 0 saturated heterocycles. The number of nitrogens with zero attached hydrogens (tertiary/aromatic N) is 1. The number of carbonyl (C=O) groups excluding carboxylic acids is 2. The summed E-state index contributed by atoms with van der Waals surface area (Å²) >= 11 is 0. The van der Waals surface area contributed by atoms with Crippen LogP contribution in [0.2, 0.25) is 0 Å². The number of rotatable bonds is 10. The first-order valence-electron chi connectivity index (χ1n) is 12.9. The summed E-state index contributed by atoms with van der Waals surface area (Å²) in [7, 11) is 0. The lowest BCUT2D eigenvalue weighted by Crippen LogP contribution is -2.53. The van der Waals surface area contributed by atoms with Crippen LogP contribution in [0.25, 0.3) is 0 Å². The summed E-state index contributed by atoms with van der Waals surface area (Å²) in [5.74, 6) is 0.379. The number of aryl methyl sites for hydroxylation is 2. The molecular weight excluding hydrogens is 448 g/mol. The van der Waals surface area contributed by atoms with Crippen LogP contribution in [-0.4, -0.2) is 35.4 Å². The molecule has 1 atom stereocenters. The van der Waals surface area contributed by atoms with E-state index in [0.717, 1.165) is 47.9 Å². The molecule has 1 aliphatic carbocycles. The zero-order valence-corrected chi connectivity index (χ0v) is 21.3. The SMILES string of the molecule is Cc1ccccc1CN(C(=O)COc1ccccc1C)C(Cc1ccccc1)C(=O)NC1CCCC1. The normalized spacial score (nSPS) is 14.3. The van der Waals surface area contributed by atoms with Crippen LogP contribution >= 0.6 is 0 Å². The summed E-state index contributed by atoms with van der Waals surface area (Å²) in [6.45, 7) is 4.21. The van der Waals surface area contributed by atoms with Crippen LogP contribution in [0.3, 0.4) is 0 Å². The molecule has 1 aliphatic rings. The van der Waals surface area contributed by atoms with Crippen LogP contribution in [0.15, 0.2) is 78.9 Å². The molecule has 188 valence electrons. The third-order valence-corrected chi connectivity index (χ3v) is 7.02. The van der Waals surface area contributed by atoms with Crippen molar-refractivity contribution in [3.05, 3.63) is 101 Å². The zero-order valence-electron chi connectivity index (χ0n) is 21.3. The highest BCUT2D eigenvalue weighted by Gasteiger charge is 2.32. The Morgan fingerprint density at radius 2 is 1.53 bits per heavy atom. The molecule has 0 spiro atoms. The molecule has 0 radical (unpaired) electrons. The van der Waals surface area contributed by atoms with Gasteiger partial charge in [0, 0.05) is 19.0 Å². The molecule has 0 heterocycles. The van der Waals surface area contributed by atoms with Crippen molar-refractivity contribution < 1.29 is 14.3 Å². The molecule has 4 rings (SSSR count). The summed E-state index contributed by atoms with van der Waals surface area (Å²) in [5, 5.41) is 3.24. The molecule has 3 aromatic carbocycles. The van der Waals surface area contributed by atoms with E-state index >= 15 is 0 Å². The van der Waals surface area contributed by atoms with Gasteiger partial charge < -0.3 is 15.0 Å². The molecule has 0 aromatic heterocycles. The molecule has 2 amide bonds. The largest absolute Gasteiger partial charge is 0.484 e. The first-order valence-corrected chi connectivity index (χ1v) is 12.9. The van der Waals surface area contributed by atoms with Gasteiger partial charge in [-0.1, -0.05) is 85.6 Å². The summed E-state index contributed by atoms with van der Waals surface area (Å²) in [6, 6.07) is 25.1. The summed E-state index contributed by atoms with van der Waals surface area (Å²) in [6.07, 6.45) is 4.69. The van der Waals surface area contributed by atoms with Crippen molar-refractivity contribution in [3.63, 3.8) is 0 Å². The number of nitrogens with one attached hydrogen (secondary N) is 1. The van der Waals surface area contributed by atoms with Gasteiger partial charge >= 0.3 is 0 Å². The van der Waals surface area contributed by atoms with Crippen LogP contribution in [-0.2, 0) is 22.6 Å². The fourth-order valence-electron chi connectivity index (χ4n) is 4.83. The van der Waals surface area contributed by atoms with Crippen molar-refractivity contribution in [2.45, 2.75) is 64.6 Å². The maximum atomic E-state index is 13.7. The Kier molecular flexibility index (Phi) is 8.77. The highest BCUT2D eigenvalue weighted by Crippen LogP contribution is 2.22. The van der Waals surface area contributed by atoms with Gasteiger partial charge in [0.15, 0.2) is 6.61 Å². The number of para-hydroxylation sites is 1. The maximum absolute atomic E-state index is 13.7. The van der Waals surface area contributed by atoms with Gasteiger partial charge in [-0.3, -0.25) is 9.59 Å². The van der Waals surface area contributed by atoms with Crippen LogP contribution < -0.4 is 10.1 Å². The number of amides is 2. The van der Waals surface area contributed by atoms with Crippen molar-refractivity contribution >= 4 is 11.8 Å². The van der Waals surface area contributed by atoms with Gasteiger partial charge in [0.05, 0.1) is 0 Å². The number of hydrogen-bond acceptors (Lipinski definition) is 3. The quantitative estimate of drug-likeness (QED) is 0.420. The molecule has 0 aliphatic heterocycles. The molecule has 36 heavy (non-hydrogen) atoms. The molecule has 1 unspecified atom stereocenters. The van der Waals surface area contributed by atoms with E-state index in [1.54, 1.807) is 4.90 Å². The number of hydrogen-bond donors (Lipinski definition) is 1. The van der Waals surface area contributed by atoms with Gasteiger partial charge in [-0.2, -0.15) is 0 Å². The standard InChI is InChI=1S/C31H36N2O3/c1-23-12-6-8-16-26(23)21-33(30(34)22-36-29-19-11-7-13-24(29)2)28(20-25-14-4-3-5-15-25)31(35)32-27-17-9-10-18-27/h3-8,11-16,19,27-28H,9-10,17-18,20-22H2,1-2H3,(H,32,35). The van der Waals surface area contributed by atoms with Gasteiger partial charge in [0.2, 0.25) is 5.91 Å². The lowest BCUT2D eigenvalue weighted by atomic mass is 10.0. The average Bonchev–Trinajstić information content (AvgIpc) is 3.40. The highest BCUT2D eigenvalue weighted by atomic mass is 16.5. The number of ether oxygens (including phenoxy) is 1. The second-order valence-corrected chi connectivity index (χ2v) is 9.70. The Labute approximate surface area is 214 Å². The predicted molar refractivity (Wildman–Crippen MR) is 143 cm³/mol. The lowest BCUT2D eigenvalue weighted by Gasteiger charge is -2.32.